The summed E-state index contributed by atoms with van der Waals surface area (Å²) in [6.07, 6.45) is 0.810. The topological polar surface area (TPSA) is 167 Å². The molecule has 45 heavy (non-hydrogen) atoms. The summed E-state index contributed by atoms with van der Waals surface area (Å²) in [7, 11) is 0. The molecule has 1 aliphatic heterocycles. The average molecular weight is 615 g/mol. The fourth-order valence-electron chi connectivity index (χ4n) is 4.44. The van der Waals surface area contributed by atoms with Gasteiger partial charge in [0.15, 0.2) is 11.5 Å². The van der Waals surface area contributed by atoms with Crippen LogP contribution in [0.15, 0.2) is 72.8 Å². The molecule has 2 heterocycles. The van der Waals surface area contributed by atoms with Gasteiger partial charge in [-0.1, -0.05) is 42.5 Å². The van der Waals surface area contributed by atoms with Crippen molar-refractivity contribution in [2.75, 3.05) is 68.8 Å². The van der Waals surface area contributed by atoms with Crippen molar-refractivity contribution in [1.29, 1.82) is 0 Å². The van der Waals surface area contributed by atoms with Crippen molar-refractivity contribution in [3.05, 3.63) is 89.5 Å². The number of amides is 1. The summed E-state index contributed by atoms with van der Waals surface area (Å²) in [6.45, 7) is 3.96. The molecule has 0 saturated carbocycles. The van der Waals surface area contributed by atoms with E-state index in [1.165, 1.54) is 5.56 Å². The first-order valence-electron chi connectivity index (χ1n) is 14.8. The Balaban J connectivity index is 1.19. The van der Waals surface area contributed by atoms with Crippen LogP contribution in [-0.4, -0.2) is 73.7 Å². The Morgan fingerprint density at radius 1 is 0.778 bits per heavy atom. The number of para-hydroxylation sites is 1. The highest BCUT2D eigenvalue weighted by molar-refractivity contribution is 5.94. The monoisotopic (exact) mass is 614 g/mol. The first-order valence-corrected chi connectivity index (χ1v) is 14.8. The molecule has 4 aromatic rings. The van der Waals surface area contributed by atoms with Crippen molar-refractivity contribution in [2.24, 2.45) is 5.73 Å². The third-order valence-electron chi connectivity index (χ3n) is 6.66. The van der Waals surface area contributed by atoms with Crippen molar-refractivity contribution in [2.45, 2.75) is 13.0 Å². The predicted octanol–water partition coefficient (Wildman–Crippen LogP) is 3.33. The van der Waals surface area contributed by atoms with Gasteiger partial charge in [0, 0.05) is 43.0 Å². The van der Waals surface area contributed by atoms with E-state index in [0.717, 1.165) is 12.0 Å². The van der Waals surface area contributed by atoms with Gasteiger partial charge in [0.1, 0.15) is 0 Å². The number of nitrogens with one attached hydrogen (secondary N) is 4. The molecule has 1 amide bonds. The number of ether oxygens (including phenoxy) is 4. The van der Waals surface area contributed by atoms with Crippen LogP contribution in [-0.2, 0) is 22.4 Å². The van der Waals surface area contributed by atoms with E-state index in [9.17, 15) is 4.79 Å². The van der Waals surface area contributed by atoms with Crippen LogP contribution in [0.4, 0.5) is 23.5 Å². The maximum Gasteiger partial charge on any atom is 0.251 e. The second-order valence-corrected chi connectivity index (χ2v) is 9.94. The van der Waals surface area contributed by atoms with Gasteiger partial charge in [-0.25, -0.2) is 0 Å². The maximum atomic E-state index is 12.5. The Hall–Kier alpha value is -4.98. The number of benzene rings is 3. The number of aromatic nitrogens is 3. The second-order valence-electron chi connectivity index (χ2n) is 9.94. The van der Waals surface area contributed by atoms with Gasteiger partial charge in [0.2, 0.25) is 24.6 Å². The first kappa shape index (κ1) is 31.4. The molecule has 0 saturated heterocycles. The molecule has 6 N–H and O–H groups in total. The Labute approximate surface area is 261 Å². The van der Waals surface area contributed by atoms with Crippen LogP contribution in [0.25, 0.3) is 0 Å². The molecular formula is C32H38N8O5. The molecule has 0 fully saturated rings. The highest BCUT2D eigenvalue weighted by Crippen LogP contribution is 2.35. The Bertz CT molecular complexity index is 1510. The van der Waals surface area contributed by atoms with E-state index in [0.29, 0.717) is 93.2 Å². The number of rotatable bonds is 18. The minimum absolute atomic E-state index is 0.192. The van der Waals surface area contributed by atoms with Crippen LogP contribution in [0.2, 0.25) is 0 Å². The summed E-state index contributed by atoms with van der Waals surface area (Å²) in [5.74, 6) is 2.39. The summed E-state index contributed by atoms with van der Waals surface area (Å²) >= 11 is 0. The van der Waals surface area contributed by atoms with Crippen LogP contribution in [0, 0.1) is 0 Å². The van der Waals surface area contributed by atoms with Crippen molar-refractivity contribution in [3.8, 4) is 11.5 Å². The number of carbonyl (C=O) groups is 1. The minimum atomic E-state index is -0.192. The molecule has 0 unspecified atom stereocenters. The van der Waals surface area contributed by atoms with Crippen molar-refractivity contribution < 1.29 is 23.7 Å². The number of carbonyl (C=O) groups excluding carboxylic acids is 1. The van der Waals surface area contributed by atoms with Crippen molar-refractivity contribution in [3.63, 3.8) is 0 Å². The van der Waals surface area contributed by atoms with Gasteiger partial charge in [0.25, 0.3) is 5.91 Å². The van der Waals surface area contributed by atoms with Gasteiger partial charge in [-0.15, -0.1) is 0 Å². The van der Waals surface area contributed by atoms with Crippen LogP contribution in [0.5, 0.6) is 11.5 Å². The predicted molar refractivity (Wildman–Crippen MR) is 171 cm³/mol. The molecule has 13 heteroatoms. The number of hydrogen-bond acceptors (Lipinski definition) is 12. The summed E-state index contributed by atoms with van der Waals surface area (Å²) in [4.78, 5) is 26.3. The van der Waals surface area contributed by atoms with Crippen molar-refractivity contribution >= 4 is 29.4 Å². The first-order chi connectivity index (χ1) is 22.2. The van der Waals surface area contributed by atoms with E-state index in [2.05, 4.69) is 48.4 Å². The zero-order valence-corrected chi connectivity index (χ0v) is 25.0. The largest absolute Gasteiger partial charge is 0.454 e. The molecule has 3 aromatic carbocycles. The lowest BCUT2D eigenvalue weighted by molar-refractivity contribution is 0.0511. The van der Waals surface area contributed by atoms with E-state index in [-0.39, 0.29) is 12.7 Å². The third kappa shape index (κ3) is 9.76. The van der Waals surface area contributed by atoms with Gasteiger partial charge in [-0.3, -0.25) is 4.79 Å². The average Bonchev–Trinajstić information content (AvgIpc) is 3.56. The molecule has 0 atom stereocenters. The highest BCUT2D eigenvalue weighted by atomic mass is 16.7. The van der Waals surface area contributed by atoms with E-state index in [1.807, 2.05) is 36.4 Å². The Morgan fingerprint density at radius 2 is 1.53 bits per heavy atom. The molecule has 5 rings (SSSR count). The number of nitrogens with zero attached hydrogens (tertiary/aromatic N) is 3. The normalized spacial score (nSPS) is 11.7. The second kappa shape index (κ2) is 16.8. The molecular weight excluding hydrogens is 576 g/mol. The molecule has 0 spiro atoms. The number of hydrogen-bond donors (Lipinski definition) is 5. The molecule has 0 bridgehead atoms. The van der Waals surface area contributed by atoms with E-state index >= 15 is 0 Å². The molecule has 1 aliphatic rings. The lowest BCUT2D eigenvalue weighted by atomic mass is 10.1. The molecule has 0 radical (unpaired) electrons. The summed E-state index contributed by atoms with van der Waals surface area (Å²) < 4.78 is 21.8. The molecule has 1 aromatic heterocycles. The van der Waals surface area contributed by atoms with Crippen molar-refractivity contribution in [1.82, 2.24) is 20.3 Å². The standard InChI is InChI=1S/C32H38N8O5/c33-14-17-42-19-20-43-18-16-34-29(41)24-9-11-26(12-10-24)37-32-39-30(35-15-13-23-5-2-1-3-6-23)38-31(40-32)36-21-25-7-4-8-27-28(25)45-22-44-27/h1-12H,13-22,33H2,(H,34,41)(H3,35,36,37,38,39,40). The Kier molecular flexibility index (Phi) is 11.7. The number of fused-ring (bicyclic) bond motifs is 1. The van der Waals surface area contributed by atoms with E-state index in [1.54, 1.807) is 24.3 Å². The smallest absolute Gasteiger partial charge is 0.251 e. The quantitative estimate of drug-likeness (QED) is 0.104. The highest BCUT2D eigenvalue weighted by Gasteiger charge is 2.17. The van der Waals surface area contributed by atoms with Gasteiger partial charge < -0.3 is 45.9 Å². The van der Waals surface area contributed by atoms with Crippen LogP contribution in [0.1, 0.15) is 21.5 Å². The van der Waals surface area contributed by atoms with E-state index in [4.69, 9.17) is 24.7 Å². The van der Waals surface area contributed by atoms with Gasteiger partial charge in [0.05, 0.1) is 26.4 Å². The minimum Gasteiger partial charge on any atom is -0.454 e. The summed E-state index contributed by atoms with van der Waals surface area (Å²) in [5, 5.41) is 12.6. The summed E-state index contributed by atoms with van der Waals surface area (Å²) in [5.41, 5.74) is 8.75. The van der Waals surface area contributed by atoms with Crippen LogP contribution in [0.3, 0.4) is 0 Å². The number of nitrogens with two attached hydrogens (primary N) is 1. The van der Waals surface area contributed by atoms with Gasteiger partial charge in [-0.05, 0) is 42.3 Å². The third-order valence-corrected chi connectivity index (χ3v) is 6.66. The molecule has 236 valence electrons. The van der Waals surface area contributed by atoms with Crippen LogP contribution < -0.4 is 36.5 Å². The fourth-order valence-corrected chi connectivity index (χ4v) is 4.44. The fraction of sp³-hybridized carbons (Fsp3) is 0.312. The summed E-state index contributed by atoms with van der Waals surface area (Å²) in [6, 6.07) is 23.0. The zero-order chi connectivity index (χ0) is 31.1. The molecule has 0 aliphatic carbocycles. The zero-order valence-electron chi connectivity index (χ0n) is 25.0. The Morgan fingerprint density at radius 3 is 2.33 bits per heavy atom. The lowest BCUT2D eigenvalue weighted by Gasteiger charge is -2.12. The van der Waals surface area contributed by atoms with Gasteiger partial charge in [-0.2, -0.15) is 15.0 Å². The maximum absolute atomic E-state index is 12.5. The lowest BCUT2D eigenvalue weighted by Crippen LogP contribution is -2.27. The van der Waals surface area contributed by atoms with E-state index < -0.39 is 0 Å². The van der Waals surface area contributed by atoms with Gasteiger partial charge >= 0.3 is 0 Å². The SMILES string of the molecule is NCCOCCOCCNC(=O)c1ccc(Nc2nc(NCCc3ccccc3)nc(NCc3cccc4c3OCO4)n2)cc1. The van der Waals surface area contributed by atoms with Crippen LogP contribution >= 0.6 is 0 Å². The molecule has 13 nitrogen and oxygen atoms in total. The number of anilines is 4.